The summed E-state index contributed by atoms with van der Waals surface area (Å²) in [5.74, 6) is -1.21. The first kappa shape index (κ1) is 16.4. The Morgan fingerprint density at radius 1 is 1.08 bits per heavy atom. The number of rotatable bonds is 4. The van der Waals surface area contributed by atoms with Gasteiger partial charge in [0, 0.05) is 24.3 Å². The number of hydrogen-bond acceptors (Lipinski definition) is 5. The maximum absolute atomic E-state index is 13.8. The van der Waals surface area contributed by atoms with E-state index in [1.54, 1.807) is 10.9 Å². The lowest BCUT2D eigenvalue weighted by Gasteiger charge is -2.17. The topological polar surface area (TPSA) is 63.4 Å². The van der Waals surface area contributed by atoms with E-state index in [0.29, 0.717) is 11.3 Å². The van der Waals surface area contributed by atoms with Crippen LogP contribution in [0.2, 0.25) is 0 Å². The normalized spacial score (nSPS) is 14.0. The number of benzene rings is 2. The Bertz CT molecular complexity index is 918. The highest BCUT2D eigenvalue weighted by Gasteiger charge is 2.15. The molecule has 0 radical (unpaired) electrons. The molecule has 1 aliphatic heterocycles. The Labute approximate surface area is 150 Å². The van der Waals surface area contributed by atoms with Gasteiger partial charge >= 0.3 is 0 Å². The van der Waals surface area contributed by atoms with Crippen LogP contribution in [0.5, 0.6) is 11.5 Å². The number of methoxy groups -OCH3 is 1. The van der Waals surface area contributed by atoms with Crippen molar-refractivity contribution in [1.29, 1.82) is 0 Å². The summed E-state index contributed by atoms with van der Waals surface area (Å²) in [5, 5.41) is 17.9. The molecule has 0 atom stereocenters. The SMILES string of the molecule is COc1cc(-c2cn(-c3ccc(N4CCCC4)cc3)nn2)cc(F)c1O. The average molecular weight is 354 g/mol. The monoisotopic (exact) mass is 354 g/mol. The minimum Gasteiger partial charge on any atom is -0.502 e. The molecule has 1 saturated heterocycles. The lowest BCUT2D eigenvalue weighted by atomic mass is 10.1. The van der Waals surface area contributed by atoms with Crippen molar-refractivity contribution in [3.05, 3.63) is 48.4 Å². The zero-order valence-electron chi connectivity index (χ0n) is 14.4. The molecule has 7 heteroatoms. The molecule has 1 N–H and O–H groups in total. The van der Waals surface area contributed by atoms with Gasteiger partial charge in [0.05, 0.1) is 19.0 Å². The molecule has 2 aromatic carbocycles. The fraction of sp³-hybridized carbons (Fsp3) is 0.263. The van der Waals surface area contributed by atoms with Crippen molar-refractivity contribution in [3.63, 3.8) is 0 Å². The van der Waals surface area contributed by atoms with Crippen molar-refractivity contribution in [2.45, 2.75) is 12.8 Å². The molecule has 3 aromatic rings. The Morgan fingerprint density at radius 3 is 2.46 bits per heavy atom. The van der Waals surface area contributed by atoms with Crippen LogP contribution in [0.15, 0.2) is 42.6 Å². The highest BCUT2D eigenvalue weighted by Crippen LogP contribution is 2.33. The van der Waals surface area contributed by atoms with Gasteiger partial charge < -0.3 is 14.7 Å². The fourth-order valence-corrected chi connectivity index (χ4v) is 3.19. The Morgan fingerprint density at radius 2 is 1.77 bits per heavy atom. The van der Waals surface area contributed by atoms with Gasteiger partial charge in [-0.3, -0.25) is 0 Å². The first-order valence-corrected chi connectivity index (χ1v) is 8.50. The highest BCUT2D eigenvalue weighted by molar-refractivity contribution is 5.64. The minimum absolute atomic E-state index is 0.0597. The molecule has 1 aromatic heterocycles. The van der Waals surface area contributed by atoms with Crippen LogP contribution in [0.4, 0.5) is 10.1 Å². The molecule has 1 aliphatic rings. The molecule has 134 valence electrons. The van der Waals surface area contributed by atoms with Crippen LogP contribution in [0.25, 0.3) is 16.9 Å². The number of ether oxygens (including phenoxy) is 1. The number of aromatic hydroxyl groups is 1. The second kappa shape index (κ2) is 6.67. The van der Waals surface area contributed by atoms with Crippen molar-refractivity contribution in [1.82, 2.24) is 15.0 Å². The number of aromatic nitrogens is 3. The van der Waals surface area contributed by atoms with Gasteiger partial charge in [-0.25, -0.2) is 9.07 Å². The fourth-order valence-electron chi connectivity index (χ4n) is 3.19. The third-order valence-electron chi connectivity index (χ3n) is 4.62. The molecule has 1 fully saturated rings. The second-order valence-corrected chi connectivity index (χ2v) is 6.27. The summed E-state index contributed by atoms with van der Waals surface area (Å²) in [6, 6.07) is 10.9. The summed E-state index contributed by atoms with van der Waals surface area (Å²) < 4.78 is 20.5. The van der Waals surface area contributed by atoms with Crippen molar-refractivity contribution < 1.29 is 14.2 Å². The second-order valence-electron chi connectivity index (χ2n) is 6.27. The number of anilines is 1. The number of phenols is 1. The molecular weight excluding hydrogens is 335 g/mol. The molecule has 0 unspecified atom stereocenters. The third-order valence-corrected chi connectivity index (χ3v) is 4.62. The van der Waals surface area contributed by atoms with Crippen LogP contribution in [0.3, 0.4) is 0 Å². The van der Waals surface area contributed by atoms with E-state index >= 15 is 0 Å². The van der Waals surface area contributed by atoms with Gasteiger partial charge in [-0.1, -0.05) is 5.21 Å². The van der Waals surface area contributed by atoms with Crippen molar-refractivity contribution in [2.24, 2.45) is 0 Å². The standard InChI is InChI=1S/C19H19FN4O2/c1-26-18-11-13(10-16(20)19(18)25)17-12-24(22-21-17)15-6-4-14(5-7-15)23-8-2-3-9-23/h4-7,10-12,25H,2-3,8-9H2,1H3. The summed E-state index contributed by atoms with van der Waals surface area (Å²) >= 11 is 0. The van der Waals surface area contributed by atoms with E-state index in [4.69, 9.17) is 4.74 Å². The van der Waals surface area contributed by atoms with Crippen LogP contribution in [-0.2, 0) is 0 Å². The van der Waals surface area contributed by atoms with Crippen molar-refractivity contribution in [3.8, 4) is 28.4 Å². The number of nitrogens with zero attached hydrogens (tertiary/aromatic N) is 4. The smallest absolute Gasteiger partial charge is 0.194 e. The van der Waals surface area contributed by atoms with Gasteiger partial charge in [-0.15, -0.1) is 5.10 Å². The van der Waals surface area contributed by atoms with E-state index in [0.717, 1.165) is 18.8 Å². The lowest BCUT2D eigenvalue weighted by molar-refractivity contribution is 0.357. The summed E-state index contributed by atoms with van der Waals surface area (Å²) in [4.78, 5) is 2.36. The number of halogens is 1. The van der Waals surface area contributed by atoms with Gasteiger partial charge in [-0.05, 0) is 49.2 Å². The molecule has 0 saturated carbocycles. The first-order valence-electron chi connectivity index (χ1n) is 8.50. The molecule has 0 aliphatic carbocycles. The first-order chi connectivity index (χ1) is 12.7. The zero-order valence-corrected chi connectivity index (χ0v) is 14.4. The van der Waals surface area contributed by atoms with Gasteiger partial charge in [0.1, 0.15) is 5.69 Å². The van der Waals surface area contributed by atoms with Crippen LogP contribution in [-0.4, -0.2) is 40.3 Å². The number of hydrogen-bond donors (Lipinski definition) is 1. The summed E-state index contributed by atoms with van der Waals surface area (Å²) in [7, 11) is 1.37. The highest BCUT2D eigenvalue weighted by atomic mass is 19.1. The van der Waals surface area contributed by atoms with E-state index < -0.39 is 11.6 Å². The van der Waals surface area contributed by atoms with E-state index in [1.807, 2.05) is 12.1 Å². The molecule has 6 nitrogen and oxygen atoms in total. The van der Waals surface area contributed by atoms with E-state index in [-0.39, 0.29) is 5.75 Å². The Hall–Kier alpha value is -3.09. The van der Waals surface area contributed by atoms with Gasteiger partial charge in [0.25, 0.3) is 0 Å². The van der Waals surface area contributed by atoms with Crippen molar-refractivity contribution in [2.75, 3.05) is 25.1 Å². The summed E-state index contributed by atoms with van der Waals surface area (Å²) in [6.45, 7) is 2.20. The zero-order chi connectivity index (χ0) is 18.1. The predicted molar refractivity (Wildman–Crippen MR) is 96.4 cm³/mol. The molecule has 4 rings (SSSR count). The van der Waals surface area contributed by atoms with Crippen LogP contribution < -0.4 is 9.64 Å². The molecule has 0 amide bonds. The number of phenolic OH excluding ortho intramolecular Hbond substituents is 1. The lowest BCUT2D eigenvalue weighted by Crippen LogP contribution is -2.17. The van der Waals surface area contributed by atoms with E-state index in [2.05, 4.69) is 27.3 Å². The minimum atomic E-state index is -0.760. The van der Waals surface area contributed by atoms with Crippen LogP contribution in [0.1, 0.15) is 12.8 Å². The Balaban J connectivity index is 1.61. The van der Waals surface area contributed by atoms with Gasteiger partial charge in [0.2, 0.25) is 0 Å². The summed E-state index contributed by atoms with van der Waals surface area (Å²) in [5.41, 5.74) is 3.05. The van der Waals surface area contributed by atoms with Gasteiger partial charge in [-0.2, -0.15) is 0 Å². The predicted octanol–water partition coefficient (Wildman–Crippen LogP) is 3.39. The molecule has 2 heterocycles. The van der Waals surface area contributed by atoms with E-state index in [1.165, 1.54) is 37.8 Å². The Kier molecular flexibility index (Phi) is 4.20. The van der Waals surface area contributed by atoms with Crippen molar-refractivity contribution >= 4 is 5.69 Å². The average Bonchev–Trinajstić information content (AvgIpc) is 3.36. The largest absolute Gasteiger partial charge is 0.502 e. The van der Waals surface area contributed by atoms with Gasteiger partial charge in [0.15, 0.2) is 17.3 Å². The third kappa shape index (κ3) is 2.96. The molecular formula is C19H19FN4O2. The maximum atomic E-state index is 13.8. The van der Waals surface area contributed by atoms with Crippen LogP contribution in [0, 0.1) is 5.82 Å². The van der Waals surface area contributed by atoms with E-state index in [9.17, 15) is 9.50 Å². The molecule has 0 bridgehead atoms. The molecule has 0 spiro atoms. The quantitative estimate of drug-likeness (QED) is 0.778. The summed E-state index contributed by atoms with van der Waals surface area (Å²) in [6.07, 6.45) is 4.19. The molecule has 26 heavy (non-hydrogen) atoms. The maximum Gasteiger partial charge on any atom is 0.194 e. The van der Waals surface area contributed by atoms with Crippen LogP contribution >= 0.6 is 0 Å².